The van der Waals surface area contributed by atoms with Gasteiger partial charge in [0, 0.05) is 18.5 Å². The number of rotatable bonds is 3. The maximum Gasteiger partial charge on any atom is 0.326 e. The van der Waals surface area contributed by atoms with Gasteiger partial charge in [0.1, 0.15) is 6.04 Å². The van der Waals surface area contributed by atoms with E-state index in [9.17, 15) is 4.79 Å². The number of carboxylic acids is 1. The van der Waals surface area contributed by atoms with E-state index in [-0.39, 0.29) is 0 Å². The van der Waals surface area contributed by atoms with E-state index in [4.69, 9.17) is 10.8 Å². The molecule has 1 aliphatic rings. The number of nitrogens with two attached hydrogens (primary N) is 1. The van der Waals surface area contributed by atoms with Gasteiger partial charge in [-0.25, -0.2) is 4.98 Å². The number of aromatic nitrogens is 1. The fourth-order valence-electron chi connectivity index (χ4n) is 2.35. The Morgan fingerprint density at radius 2 is 2.15 bits per heavy atom. The Kier molecular flexibility index (Phi) is 3.42. The summed E-state index contributed by atoms with van der Waals surface area (Å²) in [7, 11) is 0. The van der Waals surface area contributed by atoms with E-state index in [0.29, 0.717) is 5.69 Å². The van der Waals surface area contributed by atoms with Crippen LogP contribution in [0, 0.1) is 0 Å². The second kappa shape index (κ2) is 5.22. The first kappa shape index (κ1) is 13.1. The largest absolute Gasteiger partial charge is 0.480 e. The zero-order valence-electron chi connectivity index (χ0n) is 10.8. The van der Waals surface area contributed by atoms with Crippen molar-refractivity contribution in [1.82, 2.24) is 4.98 Å². The third-order valence-corrected chi connectivity index (χ3v) is 4.42. The Bertz CT molecular complexity index is 641. The van der Waals surface area contributed by atoms with E-state index in [1.165, 1.54) is 22.5 Å². The van der Waals surface area contributed by atoms with Crippen LogP contribution in [0.5, 0.6) is 0 Å². The number of thiazole rings is 1. The van der Waals surface area contributed by atoms with Crippen LogP contribution >= 0.6 is 11.3 Å². The summed E-state index contributed by atoms with van der Waals surface area (Å²) < 4.78 is 0. The van der Waals surface area contributed by atoms with Crippen molar-refractivity contribution in [2.24, 2.45) is 5.73 Å². The molecular formula is C14H15N3O2S. The number of hydrogen-bond donors (Lipinski definition) is 2. The normalized spacial score (nSPS) is 15.8. The van der Waals surface area contributed by atoms with Crippen LogP contribution in [0.4, 0.5) is 5.13 Å². The van der Waals surface area contributed by atoms with Crippen molar-refractivity contribution in [3.8, 4) is 0 Å². The van der Waals surface area contributed by atoms with Crippen LogP contribution in [0.2, 0.25) is 0 Å². The zero-order valence-corrected chi connectivity index (χ0v) is 11.6. The SMILES string of the molecule is NC(C(=O)O)c1csc(N2CCc3ccccc3C2)n1. The zero-order chi connectivity index (χ0) is 14.1. The average molecular weight is 289 g/mol. The molecule has 6 heteroatoms. The molecule has 2 heterocycles. The molecule has 0 fully saturated rings. The predicted molar refractivity (Wildman–Crippen MR) is 77.9 cm³/mol. The fraction of sp³-hybridized carbons (Fsp3) is 0.286. The van der Waals surface area contributed by atoms with Gasteiger partial charge in [-0.2, -0.15) is 0 Å². The standard InChI is InChI=1S/C14H15N3O2S/c15-12(13(18)19)11-8-20-14(16-11)17-6-5-9-3-1-2-4-10(9)7-17/h1-4,8,12H,5-7,15H2,(H,18,19). The lowest BCUT2D eigenvalue weighted by molar-refractivity contribution is -0.138. The van der Waals surface area contributed by atoms with E-state index in [0.717, 1.165) is 24.6 Å². The molecule has 3 N–H and O–H groups in total. The van der Waals surface area contributed by atoms with E-state index in [1.54, 1.807) is 5.38 Å². The molecule has 0 aliphatic carbocycles. The molecule has 1 aromatic heterocycles. The van der Waals surface area contributed by atoms with Gasteiger partial charge in [-0.3, -0.25) is 4.79 Å². The second-order valence-corrected chi connectivity index (χ2v) is 5.65. The number of hydrogen-bond acceptors (Lipinski definition) is 5. The molecule has 1 aromatic carbocycles. The van der Waals surface area contributed by atoms with Crippen molar-refractivity contribution in [3.63, 3.8) is 0 Å². The summed E-state index contributed by atoms with van der Waals surface area (Å²) in [6, 6.07) is 7.33. The van der Waals surface area contributed by atoms with Crippen molar-refractivity contribution >= 4 is 22.4 Å². The van der Waals surface area contributed by atoms with Gasteiger partial charge < -0.3 is 15.7 Å². The fourth-order valence-corrected chi connectivity index (χ4v) is 3.24. The summed E-state index contributed by atoms with van der Waals surface area (Å²) >= 11 is 1.45. The highest BCUT2D eigenvalue weighted by Crippen LogP contribution is 2.28. The minimum Gasteiger partial charge on any atom is -0.480 e. The third-order valence-electron chi connectivity index (χ3n) is 3.50. The van der Waals surface area contributed by atoms with Crippen LogP contribution in [0.15, 0.2) is 29.6 Å². The lowest BCUT2D eigenvalue weighted by Gasteiger charge is -2.28. The summed E-state index contributed by atoms with van der Waals surface area (Å²) in [4.78, 5) is 17.4. The van der Waals surface area contributed by atoms with Crippen LogP contribution < -0.4 is 10.6 Å². The molecule has 3 rings (SSSR count). The lowest BCUT2D eigenvalue weighted by Crippen LogP contribution is -2.30. The Morgan fingerprint density at radius 1 is 1.40 bits per heavy atom. The minimum atomic E-state index is -1.05. The van der Waals surface area contributed by atoms with Crippen molar-refractivity contribution in [2.75, 3.05) is 11.4 Å². The Balaban J connectivity index is 1.80. The number of anilines is 1. The van der Waals surface area contributed by atoms with Crippen LogP contribution in [0.3, 0.4) is 0 Å². The van der Waals surface area contributed by atoms with Gasteiger partial charge in [0.05, 0.1) is 5.69 Å². The molecule has 0 saturated carbocycles. The number of fused-ring (bicyclic) bond motifs is 1. The Hall–Kier alpha value is -1.92. The highest BCUT2D eigenvalue weighted by atomic mass is 32.1. The van der Waals surface area contributed by atoms with E-state index < -0.39 is 12.0 Å². The molecule has 0 saturated heterocycles. The molecule has 20 heavy (non-hydrogen) atoms. The number of aliphatic carboxylic acids is 1. The molecule has 1 aliphatic heterocycles. The van der Waals surface area contributed by atoms with E-state index >= 15 is 0 Å². The monoisotopic (exact) mass is 289 g/mol. The van der Waals surface area contributed by atoms with Gasteiger partial charge in [0.15, 0.2) is 5.13 Å². The number of carbonyl (C=O) groups is 1. The minimum absolute atomic E-state index is 0.427. The summed E-state index contributed by atoms with van der Waals surface area (Å²) in [5, 5.41) is 11.5. The maximum absolute atomic E-state index is 10.9. The molecule has 0 spiro atoms. The summed E-state index contributed by atoms with van der Waals surface area (Å²) in [5.41, 5.74) is 8.69. The van der Waals surface area contributed by atoms with Crippen LogP contribution in [-0.2, 0) is 17.8 Å². The first-order valence-corrected chi connectivity index (χ1v) is 7.28. The quantitative estimate of drug-likeness (QED) is 0.900. The van der Waals surface area contributed by atoms with Gasteiger partial charge in [-0.15, -0.1) is 11.3 Å². The first-order valence-electron chi connectivity index (χ1n) is 6.40. The maximum atomic E-state index is 10.9. The van der Waals surface area contributed by atoms with Crippen LogP contribution in [-0.4, -0.2) is 22.6 Å². The number of nitrogens with zero attached hydrogens (tertiary/aromatic N) is 2. The summed E-state index contributed by atoms with van der Waals surface area (Å²) in [6.07, 6.45) is 0.982. The molecule has 1 atom stereocenters. The van der Waals surface area contributed by atoms with Gasteiger partial charge in [-0.05, 0) is 17.5 Å². The van der Waals surface area contributed by atoms with E-state index in [2.05, 4.69) is 28.1 Å². The Morgan fingerprint density at radius 3 is 2.90 bits per heavy atom. The lowest BCUT2D eigenvalue weighted by atomic mass is 10.0. The van der Waals surface area contributed by atoms with Gasteiger partial charge in [-0.1, -0.05) is 24.3 Å². The molecule has 0 bridgehead atoms. The second-order valence-electron chi connectivity index (χ2n) is 4.81. The van der Waals surface area contributed by atoms with Crippen LogP contribution in [0.1, 0.15) is 22.9 Å². The number of carboxylic acid groups (broad SMARTS) is 1. The van der Waals surface area contributed by atoms with Crippen LogP contribution in [0.25, 0.3) is 0 Å². The first-order chi connectivity index (χ1) is 9.65. The van der Waals surface area contributed by atoms with Crippen molar-refractivity contribution < 1.29 is 9.90 Å². The molecule has 2 aromatic rings. The topological polar surface area (TPSA) is 79.5 Å². The van der Waals surface area contributed by atoms with Crippen molar-refractivity contribution in [1.29, 1.82) is 0 Å². The predicted octanol–water partition coefficient (Wildman–Crippen LogP) is 1.79. The van der Waals surface area contributed by atoms with Crippen molar-refractivity contribution in [2.45, 2.75) is 19.0 Å². The average Bonchev–Trinajstić information content (AvgIpc) is 2.95. The highest BCUT2D eigenvalue weighted by Gasteiger charge is 2.22. The van der Waals surface area contributed by atoms with Gasteiger partial charge >= 0.3 is 5.97 Å². The smallest absolute Gasteiger partial charge is 0.326 e. The van der Waals surface area contributed by atoms with Crippen molar-refractivity contribution in [3.05, 3.63) is 46.5 Å². The van der Waals surface area contributed by atoms with Gasteiger partial charge in [0.25, 0.3) is 0 Å². The molecule has 104 valence electrons. The molecule has 5 nitrogen and oxygen atoms in total. The number of benzene rings is 1. The molecular weight excluding hydrogens is 274 g/mol. The van der Waals surface area contributed by atoms with Gasteiger partial charge in [0.2, 0.25) is 0 Å². The summed E-state index contributed by atoms with van der Waals surface area (Å²) in [6.45, 7) is 1.71. The molecule has 1 unspecified atom stereocenters. The van der Waals surface area contributed by atoms with E-state index in [1.807, 2.05) is 6.07 Å². The molecule has 0 amide bonds. The third kappa shape index (κ3) is 2.39. The molecule has 0 radical (unpaired) electrons. The highest BCUT2D eigenvalue weighted by molar-refractivity contribution is 7.13. The Labute approximate surface area is 120 Å². The summed E-state index contributed by atoms with van der Waals surface area (Å²) in [5.74, 6) is -1.05.